The number of hydrogen-bond acceptors (Lipinski definition) is 2. The van der Waals surface area contributed by atoms with Gasteiger partial charge in [-0.05, 0) is 81.7 Å². The van der Waals surface area contributed by atoms with Gasteiger partial charge in [0.25, 0.3) is 0 Å². The van der Waals surface area contributed by atoms with Gasteiger partial charge < -0.3 is 4.90 Å². The number of benzene rings is 2. The van der Waals surface area contributed by atoms with E-state index in [2.05, 4.69) is 85.0 Å². The lowest BCUT2D eigenvalue weighted by Gasteiger charge is -2.18. The van der Waals surface area contributed by atoms with Crippen molar-refractivity contribution < 1.29 is 0 Å². The van der Waals surface area contributed by atoms with Gasteiger partial charge in [0.2, 0.25) is 0 Å². The number of unbranched alkanes of at least 4 members (excludes halogenated alkanes) is 2. The van der Waals surface area contributed by atoms with E-state index in [1.54, 1.807) is 0 Å². The highest BCUT2D eigenvalue weighted by atomic mass is 35.5. The molecule has 2 aromatic heterocycles. The molecule has 0 saturated heterocycles. The Labute approximate surface area is 196 Å². The Morgan fingerprint density at radius 3 is 2.38 bits per heavy atom. The second kappa shape index (κ2) is 10.3. The predicted octanol–water partition coefficient (Wildman–Crippen LogP) is 7.16. The van der Waals surface area contributed by atoms with E-state index in [4.69, 9.17) is 16.7 Å². The summed E-state index contributed by atoms with van der Waals surface area (Å²) < 4.78 is 2.13. The summed E-state index contributed by atoms with van der Waals surface area (Å²) in [4.78, 5) is 2.26. The summed E-state index contributed by atoms with van der Waals surface area (Å²) in [5.74, 6) is 0. The molecule has 0 unspecified atom stereocenters. The summed E-state index contributed by atoms with van der Waals surface area (Å²) >= 11 is 6.44. The third-order valence-electron chi connectivity index (χ3n) is 6.03. The van der Waals surface area contributed by atoms with Crippen molar-refractivity contribution >= 4 is 17.1 Å². The summed E-state index contributed by atoms with van der Waals surface area (Å²) in [6, 6.07) is 23.2. The largest absolute Gasteiger partial charge is 0.309 e. The maximum Gasteiger partial charge on any atom is 0.0951 e. The van der Waals surface area contributed by atoms with Gasteiger partial charge in [-0.1, -0.05) is 67.4 Å². The van der Waals surface area contributed by atoms with Crippen LogP contribution in [-0.4, -0.2) is 35.2 Å². The van der Waals surface area contributed by atoms with Crippen molar-refractivity contribution in [2.75, 3.05) is 20.6 Å². The van der Waals surface area contributed by atoms with Gasteiger partial charge in [0.15, 0.2) is 0 Å². The van der Waals surface area contributed by atoms with Crippen LogP contribution in [0.5, 0.6) is 0 Å². The van der Waals surface area contributed by atoms with E-state index < -0.39 is 0 Å². The van der Waals surface area contributed by atoms with E-state index >= 15 is 0 Å². The van der Waals surface area contributed by atoms with Crippen LogP contribution in [0.3, 0.4) is 0 Å². The molecule has 0 amide bonds. The van der Waals surface area contributed by atoms with E-state index in [1.165, 1.54) is 29.7 Å². The van der Waals surface area contributed by atoms with Crippen LogP contribution in [0, 0.1) is 0 Å². The van der Waals surface area contributed by atoms with Crippen molar-refractivity contribution in [2.24, 2.45) is 0 Å². The molecule has 0 aliphatic heterocycles. The molecule has 0 saturated carbocycles. The van der Waals surface area contributed by atoms with Crippen molar-refractivity contribution in [1.82, 2.24) is 14.5 Å². The van der Waals surface area contributed by atoms with E-state index in [9.17, 15) is 0 Å². The number of fused-ring (bicyclic) bond motifs is 1. The summed E-state index contributed by atoms with van der Waals surface area (Å²) in [5.41, 5.74) is 8.35. The van der Waals surface area contributed by atoms with E-state index in [0.29, 0.717) is 0 Å². The van der Waals surface area contributed by atoms with Crippen molar-refractivity contribution in [3.8, 4) is 22.4 Å². The maximum atomic E-state index is 6.44. The summed E-state index contributed by atoms with van der Waals surface area (Å²) in [6.07, 6.45) is 5.49. The lowest BCUT2D eigenvalue weighted by molar-refractivity contribution is 0.391. The first kappa shape index (κ1) is 22.6. The first-order valence-electron chi connectivity index (χ1n) is 11.6. The van der Waals surface area contributed by atoms with Crippen molar-refractivity contribution in [1.29, 1.82) is 0 Å². The van der Waals surface area contributed by atoms with Gasteiger partial charge in [-0.2, -0.15) is 5.10 Å². The zero-order valence-electron chi connectivity index (χ0n) is 19.3. The molecule has 0 spiro atoms. The fourth-order valence-electron chi connectivity index (χ4n) is 4.42. The van der Waals surface area contributed by atoms with Crippen molar-refractivity contribution in [3.63, 3.8) is 0 Å². The predicted molar refractivity (Wildman–Crippen MR) is 137 cm³/mol. The summed E-state index contributed by atoms with van der Waals surface area (Å²) in [7, 11) is 4.28. The summed E-state index contributed by atoms with van der Waals surface area (Å²) in [6.45, 7) is 3.31. The van der Waals surface area contributed by atoms with Crippen LogP contribution in [0.15, 0.2) is 66.7 Å². The van der Waals surface area contributed by atoms with Crippen LogP contribution >= 0.6 is 11.6 Å². The Morgan fingerprint density at radius 2 is 1.66 bits per heavy atom. The highest BCUT2D eigenvalue weighted by molar-refractivity contribution is 6.30. The fourth-order valence-corrected chi connectivity index (χ4v) is 4.61. The Bertz CT molecular complexity index is 1180. The number of hydrogen-bond donors (Lipinski definition) is 0. The number of nitrogens with zero attached hydrogens (tertiary/aromatic N) is 3. The topological polar surface area (TPSA) is 20.5 Å². The standard InChI is InChI=1S/C28H32ClN3/c1-4-24-17-18-26-27(22-14-11-15-23(29)20-22)25(16-9-6-10-19-31(2)3)28(30-32(24)26)21-12-7-5-8-13-21/h5,7-8,11-15,17-18,20H,4,6,9-10,16,19H2,1-3H3. The van der Waals surface area contributed by atoms with Crippen molar-refractivity contribution in [3.05, 3.63) is 83.0 Å². The second-order valence-electron chi connectivity index (χ2n) is 8.67. The van der Waals surface area contributed by atoms with Crippen molar-refractivity contribution in [2.45, 2.75) is 39.0 Å². The van der Waals surface area contributed by atoms with Crippen LogP contribution < -0.4 is 0 Å². The molecule has 4 heteroatoms. The lowest BCUT2D eigenvalue weighted by Crippen LogP contribution is -2.12. The molecule has 2 heterocycles. The molecule has 0 aliphatic carbocycles. The normalized spacial score (nSPS) is 11.5. The van der Waals surface area contributed by atoms with Crippen LogP contribution in [0.25, 0.3) is 27.9 Å². The molecular formula is C28H32ClN3. The van der Waals surface area contributed by atoms with Gasteiger partial charge in [0, 0.05) is 21.8 Å². The molecule has 2 aromatic carbocycles. The average Bonchev–Trinajstić information content (AvgIpc) is 3.21. The number of rotatable bonds is 9. The molecule has 0 atom stereocenters. The summed E-state index contributed by atoms with van der Waals surface area (Å²) in [5, 5.41) is 5.95. The third-order valence-corrected chi connectivity index (χ3v) is 6.27. The zero-order valence-corrected chi connectivity index (χ0v) is 20.1. The molecule has 0 N–H and O–H groups in total. The quantitative estimate of drug-likeness (QED) is 0.255. The van der Waals surface area contributed by atoms with E-state index in [1.807, 2.05) is 12.1 Å². The molecule has 3 nitrogen and oxygen atoms in total. The molecule has 0 fully saturated rings. The molecule has 0 aliphatic rings. The first-order valence-corrected chi connectivity index (χ1v) is 12.0. The fraction of sp³-hybridized carbons (Fsp3) is 0.321. The van der Waals surface area contributed by atoms with E-state index in [-0.39, 0.29) is 0 Å². The molecule has 0 bridgehead atoms. The first-order chi connectivity index (χ1) is 15.6. The minimum atomic E-state index is 0.762. The molecule has 0 radical (unpaired) electrons. The van der Waals surface area contributed by atoms with Crippen LogP contribution in [0.1, 0.15) is 37.4 Å². The number of halogens is 1. The van der Waals surface area contributed by atoms with Crippen LogP contribution in [0.4, 0.5) is 0 Å². The maximum absolute atomic E-state index is 6.44. The van der Waals surface area contributed by atoms with Crippen LogP contribution in [0.2, 0.25) is 5.02 Å². The number of aryl methyl sites for hydroxylation is 1. The number of aromatic nitrogens is 2. The van der Waals surface area contributed by atoms with E-state index in [0.717, 1.165) is 53.2 Å². The molecule has 32 heavy (non-hydrogen) atoms. The monoisotopic (exact) mass is 445 g/mol. The Morgan fingerprint density at radius 1 is 0.875 bits per heavy atom. The van der Waals surface area contributed by atoms with Gasteiger partial charge in [-0.25, -0.2) is 4.52 Å². The van der Waals surface area contributed by atoms with Gasteiger partial charge >= 0.3 is 0 Å². The van der Waals surface area contributed by atoms with Crippen LogP contribution in [-0.2, 0) is 12.8 Å². The minimum absolute atomic E-state index is 0.762. The van der Waals surface area contributed by atoms with Gasteiger partial charge in [-0.15, -0.1) is 0 Å². The Hall–Kier alpha value is -2.62. The second-order valence-corrected chi connectivity index (χ2v) is 9.10. The Balaban J connectivity index is 1.89. The average molecular weight is 446 g/mol. The lowest BCUT2D eigenvalue weighted by atomic mass is 9.92. The molecule has 4 rings (SSSR count). The zero-order chi connectivity index (χ0) is 22.5. The smallest absolute Gasteiger partial charge is 0.0951 e. The highest BCUT2D eigenvalue weighted by Crippen LogP contribution is 2.37. The molecule has 4 aromatic rings. The molecular weight excluding hydrogens is 414 g/mol. The third kappa shape index (κ3) is 4.90. The Kier molecular flexibility index (Phi) is 7.29. The SMILES string of the molecule is CCc1ccc2c(-c3cccc(Cl)c3)c(CCCCCN(C)C)c(-c3ccccc3)nn12. The minimum Gasteiger partial charge on any atom is -0.309 e. The van der Waals surface area contributed by atoms with Gasteiger partial charge in [0.05, 0.1) is 11.2 Å². The molecule has 166 valence electrons. The highest BCUT2D eigenvalue weighted by Gasteiger charge is 2.19. The van der Waals surface area contributed by atoms with Gasteiger partial charge in [-0.3, -0.25) is 0 Å². The van der Waals surface area contributed by atoms with Gasteiger partial charge in [0.1, 0.15) is 0 Å².